The zero-order chi connectivity index (χ0) is 12.4. The fourth-order valence-electron chi connectivity index (χ4n) is 2.05. The molecule has 5 heteroatoms. The van der Waals surface area contributed by atoms with Crippen molar-refractivity contribution < 1.29 is 9.47 Å². The molecule has 0 aliphatic carbocycles. The van der Waals surface area contributed by atoms with Crippen LogP contribution in [0.1, 0.15) is 24.5 Å². The summed E-state index contributed by atoms with van der Waals surface area (Å²) >= 11 is 3.53. The van der Waals surface area contributed by atoms with Crippen molar-refractivity contribution >= 4 is 33.0 Å². The minimum Gasteiger partial charge on any atom is -0.493 e. The molecule has 0 saturated heterocycles. The lowest BCUT2D eigenvalue weighted by Crippen LogP contribution is -2.17. The predicted molar refractivity (Wildman–Crippen MR) is 80.0 cm³/mol. The van der Waals surface area contributed by atoms with E-state index in [1.807, 2.05) is 12.1 Å². The molecule has 0 spiro atoms. The van der Waals surface area contributed by atoms with E-state index in [1.165, 1.54) is 5.56 Å². The van der Waals surface area contributed by atoms with E-state index in [9.17, 15) is 0 Å². The smallest absolute Gasteiger partial charge is 0.161 e. The van der Waals surface area contributed by atoms with E-state index in [-0.39, 0.29) is 12.4 Å². The maximum absolute atomic E-state index is 5.33. The van der Waals surface area contributed by atoms with Gasteiger partial charge in [-0.2, -0.15) is 0 Å². The Morgan fingerprint density at radius 3 is 2.44 bits per heavy atom. The number of fused-ring (bicyclic) bond motifs is 1. The molecule has 1 aromatic carbocycles. The molecule has 1 aliphatic rings. The Bertz CT molecular complexity index is 463. The molecule has 1 heterocycles. The molecule has 18 heavy (non-hydrogen) atoms. The van der Waals surface area contributed by atoms with Gasteiger partial charge >= 0.3 is 0 Å². The van der Waals surface area contributed by atoms with Crippen LogP contribution >= 0.6 is 28.3 Å². The van der Waals surface area contributed by atoms with Crippen molar-refractivity contribution in [1.82, 2.24) is 0 Å². The minimum atomic E-state index is 0. The monoisotopic (exact) mass is 333 g/mol. The fraction of sp³-hybridized carbons (Fsp3) is 0.462. The van der Waals surface area contributed by atoms with Crippen LogP contribution in [0.4, 0.5) is 0 Å². The number of aliphatic imine (C=N–C) groups is 1. The van der Waals surface area contributed by atoms with Gasteiger partial charge in [0.15, 0.2) is 11.5 Å². The van der Waals surface area contributed by atoms with Gasteiger partial charge in [-0.25, -0.2) is 0 Å². The van der Waals surface area contributed by atoms with Gasteiger partial charge in [-0.15, -0.1) is 12.4 Å². The Labute approximate surface area is 122 Å². The first-order valence-electron chi connectivity index (χ1n) is 5.68. The molecule has 0 aromatic heterocycles. The second-order valence-electron chi connectivity index (χ2n) is 4.05. The van der Waals surface area contributed by atoms with Gasteiger partial charge in [0.05, 0.1) is 20.3 Å². The van der Waals surface area contributed by atoms with E-state index in [0.29, 0.717) is 6.04 Å². The minimum absolute atomic E-state index is 0. The molecule has 1 aliphatic heterocycles. The first-order chi connectivity index (χ1) is 8.19. The molecule has 0 amide bonds. The van der Waals surface area contributed by atoms with E-state index < -0.39 is 0 Å². The summed E-state index contributed by atoms with van der Waals surface area (Å²) in [7, 11) is 3.31. The number of ether oxygens (including phenoxy) is 2. The topological polar surface area (TPSA) is 30.8 Å². The number of hydrogen-bond acceptors (Lipinski definition) is 3. The van der Waals surface area contributed by atoms with Crippen molar-refractivity contribution in [3.05, 3.63) is 23.3 Å². The van der Waals surface area contributed by atoms with E-state index in [4.69, 9.17) is 9.47 Å². The number of nitrogens with zero attached hydrogens (tertiary/aromatic N) is 1. The SMILES string of the molecule is CCC1Cc2cc(OC)c(OC)cc2C(Br)=N1.Cl. The van der Waals surface area contributed by atoms with Crippen LogP contribution in [0.15, 0.2) is 17.1 Å². The van der Waals surface area contributed by atoms with Crippen LogP contribution in [0.5, 0.6) is 11.5 Å². The van der Waals surface area contributed by atoms with Crippen molar-refractivity contribution in [2.24, 2.45) is 4.99 Å². The van der Waals surface area contributed by atoms with E-state index in [2.05, 4.69) is 27.8 Å². The zero-order valence-corrected chi connectivity index (χ0v) is 13.1. The Morgan fingerprint density at radius 2 is 1.89 bits per heavy atom. The predicted octanol–water partition coefficient (Wildman–Crippen LogP) is 3.60. The second-order valence-corrected chi connectivity index (χ2v) is 4.80. The molecule has 0 radical (unpaired) electrons. The van der Waals surface area contributed by atoms with Gasteiger partial charge in [0.1, 0.15) is 4.62 Å². The number of halogens is 2. The van der Waals surface area contributed by atoms with Crippen molar-refractivity contribution in [3.63, 3.8) is 0 Å². The van der Waals surface area contributed by atoms with Crippen LogP contribution in [-0.2, 0) is 6.42 Å². The third-order valence-electron chi connectivity index (χ3n) is 3.05. The quantitative estimate of drug-likeness (QED) is 0.845. The summed E-state index contributed by atoms with van der Waals surface area (Å²) in [6.07, 6.45) is 2.00. The third-order valence-corrected chi connectivity index (χ3v) is 3.69. The summed E-state index contributed by atoms with van der Waals surface area (Å²) in [5.74, 6) is 1.52. The second kappa shape index (κ2) is 6.43. The van der Waals surface area contributed by atoms with Gasteiger partial charge in [0.25, 0.3) is 0 Å². The van der Waals surface area contributed by atoms with Crippen molar-refractivity contribution in [3.8, 4) is 11.5 Å². The summed E-state index contributed by atoms with van der Waals surface area (Å²) in [4.78, 5) is 4.61. The molecular formula is C13H17BrClNO2. The van der Waals surface area contributed by atoms with Crippen LogP contribution in [0.3, 0.4) is 0 Å². The van der Waals surface area contributed by atoms with Gasteiger partial charge in [-0.05, 0) is 46.5 Å². The highest BCUT2D eigenvalue weighted by Gasteiger charge is 2.21. The molecule has 0 saturated carbocycles. The van der Waals surface area contributed by atoms with Gasteiger partial charge < -0.3 is 9.47 Å². The van der Waals surface area contributed by atoms with Crippen LogP contribution in [0.25, 0.3) is 0 Å². The fourth-order valence-corrected chi connectivity index (χ4v) is 2.71. The Hall–Kier alpha value is -0.740. The van der Waals surface area contributed by atoms with Crippen molar-refractivity contribution in [2.45, 2.75) is 25.8 Å². The van der Waals surface area contributed by atoms with Gasteiger partial charge in [0, 0.05) is 5.56 Å². The highest BCUT2D eigenvalue weighted by atomic mass is 79.9. The number of hydrogen-bond donors (Lipinski definition) is 0. The standard InChI is InChI=1S/C13H16BrNO2.ClH/c1-4-9-5-8-6-11(16-2)12(17-3)7-10(8)13(14)15-9;/h6-7,9H,4-5H2,1-3H3;1H. The number of methoxy groups -OCH3 is 2. The van der Waals surface area contributed by atoms with E-state index in [1.54, 1.807) is 14.2 Å². The average molecular weight is 335 g/mol. The number of rotatable bonds is 3. The summed E-state index contributed by atoms with van der Waals surface area (Å²) < 4.78 is 11.5. The Kier molecular flexibility index (Phi) is 5.47. The molecular weight excluding hydrogens is 318 g/mol. The summed E-state index contributed by atoms with van der Waals surface area (Å²) in [6, 6.07) is 4.38. The van der Waals surface area contributed by atoms with E-state index in [0.717, 1.165) is 34.5 Å². The summed E-state index contributed by atoms with van der Waals surface area (Å²) in [6.45, 7) is 2.15. The van der Waals surface area contributed by atoms with Crippen LogP contribution in [-0.4, -0.2) is 24.9 Å². The van der Waals surface area contributed by atoms with Gasteiger partial charge in [-0.3, -0.25) is 4.99 Å². The summed E-state index contributed by atoms with van der Waals surface area (Å²) in [5.41, 5.74) is 2.36. The molecule has 1 unspecified atom stereocenters. The molecule has 0 fully saturated rings. The molecule has 100 valence electrons. The lowest BCUT2D eigenvalue weighted by molar-refractivity contribution is 0.354. The molecule has 0 bridgehead atoms. The first kappa shape index (κ1) is 15.3. The van der Waals surface area contributed by atoms with Crippen LogP contribution in [0.2, 0.25) is 0 Å². The normalized spacial score (nSPS) is 17.3. The van der Waals surface area contributed by atoms with Crippen LogP contribution < -0.4 is 9.47 Å². The lowest BCUT2D eigenvalue weighted by Gasteiger charge is -2.21. The Morgan fingerprint density at radius 1 is 1.28 bits per heavy atom. The molecule has 3 nitrogen and oxygen atoms in total. The third kappa shape index (κ3) is 2.81. The van der Waals surface area contributed by atoms with Crippen molar-refractivity contribution in [2.75, 3.05) is 14.2 Å². The number of benzene rings is 1. The lowest BCUT2D eigenvalue weighted by atomic mass is 9.96. The zero-order valence-electron chi connectivity index (χ0n) is 10.7. The molecule has 1 aromatic rings. The summed E-state index contributed by atoms with van der Waals surface area (Å²) in [5, 5.41) is 0. The Balaban J connectivity index is 0.00000162. The molecule has 1 atom stereocenters. The maximum Gasteiger partial charge on any atom is 0.161 e. The highest BCUT2D eigenvalue weighted by Crippen LogP contribution is 2.34. The van der Waals surface area contributed by atoms with Crippen molar-refractivity contribution in [1.29, 1.82) is 0 Å². The molecule has 2 rings (SSSR count). The molecule has 0 N–H and O–H groups in total. The first-order valence-corrected chi connectivity index (χ1v) is 6.47. The van der Waals surface area contributed by atoms with Crippen LogP contribution in [0, 0.1) is 0 Å². The largest absolute Gasteiger partial charge is 0.493 e. The van der Waals surface area contributed by atoms with E-state index >= 15 is 0 Å². The van der Waals surface area contributed by atoms with Gasteiger partial charge in [-0.1, -0.05) is 6.92 Å². The highest BCUT2D eigenvalue weighted by molar-refractivity contribution is 9.18. The maximum atomic E-state index is 5.33. The van der Waals surface area contributed by atoms with Gasteiger partial charge in [0.2, 0.25) is 0 Å². The average Bonchev–Trinajstić information content (AvgIpc) is 2.36.